The van der Waals surface area contributed by atoms with Gasteiger partial charge in [-0.05, 0) is 0 Å². The average Bonchev–Trinajstić information content (AvgIpc) is 2.28. The molecule has 0 bridgehead atoms. The molecule has 1 saturated heterocycles. The molecule has 0 aromatic heterocycles. The summed E-state index contributed by atoms with van der Waals surface area (Å²) < 4.78 is 15.1. The predicted octanol–water partition coefficient (Wildman–Crippen LogP) is -0.907. The maximum Gasteiger partial charge on any atom is 0.303 e. The zero-order chi connectivity index (χ0) is 15.3. The van der Waals surface area contributed by atoms with E-state index in [1.54, 1.807) is 0 Å². The van der Waals surface area contributed by atoms with Crippen LogP contribution in [0.15, 0.2) is 0 Å². The van der Waals surface area contributed by atoms with Gasteiger partial charge in [0.2, 0.25) is 5.91 Å². The number of hydrogen-bond acceptors (Lipinski definition) is 7. The second-order valence-electron chi connectivity index (χ2n) is 4.55. The summed E-state index contributed by atoms with van der Waals surface area (Å²) >= 11 is 0. The van der Waals surface area contributed by atoms with Crippen molar-refractivity contribution in [2.75, 3.05) is 6.61 Å². The summed E-state index contributed by atoms with van der Waals surface area (Å²) in [6.45, 7) is 3.58. The Morgan fingerprint density at radius 1 is 1.25 bits per heavy atom. The van der Waals surface area contributed by atoms with E-state index < -0.39 is 36.5 Å². The first kappa shape index (κ1) is 16.4. The van der Waals surface area contributed by atoms with Gasteiger partial charge in [0.15, 0.2) is 12.4 Å². The fraction of sp³-hybridized carbons (Fsp3) is 0.750. The van der Waals surface area contributed by atoms with Crippen LogP contribution < -0.4 is 5.32 Å². The molecule has 8 heteroatoms. The summed E-state index contributed by atoms with van der Waals surface area (Å²) in [6.07, 6.45) is -2.74. The SMILES string of the molecule is CC(=O)N[C@H]1C[C@H](O)O[C@H](COC(C)=O)[C@H]1OC(C)=O. The molecule has 1 fully saturated rings. The van der Waals surface area contributed by atoms with E-state index in [4.69, 9.17) is 14.2 Å². The highest BCUT2D eigenvalue weighted by molar-refractivity contribution is 5.73. The highest BCUT2D eigenvalue weighted by atomic mass is 16.6. The van der Waals surface area contributed by atoms with Crippen molar-refractivity contribution in [1.82, 2.24) is 5.32 Å². The van der Waals surface area contributed by atoms with Crippen molar-refractivity contribution >= 4 is 17.8 Å². The Morgan fingerprint density at radius 2 is 1.90 bits per heavy atom. The van der Waals surface area contributed by atoms with Gasteiger partial charge in [-0.2, -0.15) is 0 Å². The molecule has 1 heterocycles. The Morgan fingerprint density at radius 3 is 2.40 bits per heavy atom. The zero-order valence-corrected chi connectivity index (χ0v) is 11.6. The summed E-state index contributed by atoms with van der Waals surface area (Å²) in [5.41, 5.74) is 0. The van der Waals surface area contributed by atoms with Crippen LogP contribution in [-0.4, -0.2) is 54.1 Å². The molecule has 114 valence electrons. The van der Waals surface area contributed by atoms with E-state index in [-0.39, 0.29) is 18.9 Å². The highest BCUT2D eigenvalue weighted by Crippen LogP contribution is 2.22. The molecule has 0 spiro atoms. The molecule has 20 heavy (non-hydrogen) atoms. The van der Waals surface area contributed by atoms with Crippen LogP contribution in [0.3, 0.4) is 0 Å². The van der Waals surface area contributed by atoms with Crippen molar-refractivity contribution in [3.05, 3.63) is 0 Å². The largest absolute Gasteiger partial charge is 0.463 e. The first-order valence-electron chi connectivity index (χ1n) is 6.20. The van der Waals surface area contributed by atoms with E-state index in [0.717, 1.165) is 0 Å². The van der Waals surface area contributed by atoms with Gasteiger partial charge in [-0.3, -0.25) is 14.4 Å². The summed E-state index contributed by atoms with van der Waals surface area (Å²) in [7, 11) is 0. The predicted molar refractivity (Wildman–Crippen MR) is 65.3 cm³/mol. The van der Waals surface area contributed by atoms with Crippen LogP contribution in [0.25, 0.3) is 0 Å². The van der Waals surface area contributed by atoms with Crippen LogP contribution in [0.5, 0.6) is 0 Å². The minimum atomic E-state index is -1.14. The zero-order valence-electron chi connectivity index (χ0n) is 11.6. The topological polar surface area (TPSA) is 111 Å². The van der Waals surface area contributed by atoms with Crippen LogP contribution >= 0.6 is 0 Å². The number of ether oxygens (including phenoxy) is 3. The lowest BCUT2D eigenvalue weighted by Crippen LogP contribution is -2.58. The first-order valence-corrected chi connectivity index (χ1v) is 6.20. The van der Waals surface area contributed by atoms with Gasteiger partial charge < -0.3 is 24.6 Å². The lowest BCUT2D eigenvalue weighted by molar-refractivity contribution is -0.228. The third-order valence-electron chi connectivity index (χ3n) is 2.69. The normalized spacial score (nSPS) is 29.4. The van der Waals surface area contributed by atoms with Gasteiger partial charge in [0.05, 0.1) is 6.04 Å². The Kier molecular flexibility index (Phi) is 5.90. The average molecular weight is 289 g/mol. The Bertz CT molecular complexity index is 384. The van der Waals surface area contributed by atoms with E-state index in [1.165, 1.54) is 20.8 Å². The van der Waals surface area contributed by atoms with E-state index in [2.05, 4.69) is 5.32 Å². The molecule has 0 unspecified atom stereocenters. The summed E-state index contributed by atoms with van der Waals surface area (Å²) in [6, 6.07) is -0.610. The van der Waals surface area contributed by atoms with Crippen molar-refractivity contribution in [3.8, 4) is 0 Å². The minimum Gasteiger partial charge on any atom is -0.463 e. The minimum absolute atomic E-state index is 0.0775. The quantitative estimate of drug-likeness (QED) is 0.645. The fourth-order valence-corrected chi connectivity index (χ4v) is 2.03. The van der Waals surface area contributed by atoms with Gasteiger partial charge in [-0.25, -0.2) is 0 Å². The fourth-order valence-electron chi connectivity index (χ4n) is 2.03. The molecule has 0 aromatic carbocycles. The van der Waals surface area contributed by atoms with Gasteiger partial charge >= 0.3 is 11.9 Å². The Hall–Kier alpha value is -1.67. The number of nitrogens with one attached hydrogen (secondary N) is 1. The lowest BCUT2D eigenvalue weighted by atomic mass is 9.98. The lowest BCUT2D eigenvalue weighted by Gasteiger charge is -2.39. The maximum absolute atomic E-state index is 11.2. The molecule has 2 N–H and O–H groups in total. The standard InChI is InChI=1S/C12H19NO7/c1-6(14)13-9-4-11(17)20-10(5-18-7(2)15)12(9)19-8(3)16/h9-12,17H,4-5H2,1-3H3,(H,13,14)/t9-,10+,11+,12-/m0/s1. The second kappa shape index (κ2) is 7.20. The summed E-state index contributed by atoms with van der Waals surface area (Å²) in [5.74, 6) is -1.41. The third-order valence-corrected chi connectivity index (χ3v) is 2.69. The van der Waals surface area contributed by atoms with E-state index in [9.17, 15) is 19.5 Å². The van der Waals surface area contributed by atoms with Crippen molar-refractivity contribution in [3.63, 3.8) is 0 Å². The van der Waals surface area contributed by atoms with Crippen molar-refractivity contribution < 1.29 is 33.7 Å². The monoisotopic (exact) mass is 289 g/mol. The van der Waals surface area contributed by atoms with Gasteiger partial charge in [0, 0.05) is 27.2 Å². The van der Waals surface area contributed by atoms with Crippen molar-refractivity contribution in [2.24, 2.45) is 0 Å². The molecule has 1 aliphatic rings. The van der Waals surface area contributed by atoms with Crippen LogP contribution in [0.1, 0.15) is 27.2 Å². The van der Waals surface area contributed by atoms with E-state index in [0.29, 0.717) is 0 Å². The molecule has 0 aromatic rings. The van der Waals surface area contributed by atoms with E-state index in [1.807, 2.05) is 0 Å². The van der Waals surface area contributed by atoms with Crippen LogP contribution in [0.2, 0.25) is 0 Å². The maximum atomic E-state index is 11.2. The number of amides is 1. The molecular formula is C12H19NO7. The number of esters is 2. The molecular weight excluding hydrogens is 270 g/mol. The Balaban J connectivity index is 2.82. The number of hydrogen-bond donors (Lipinski definition) is 2. The molecule has 0 aliphatic carbocycles. The molecule has 1 rings (SSSR count). The van der Waals surface area contributed by atoms with Crippen LogP contribution in [-0.2, 0) is 28.6 Å². The highest BCUT2D eigenvalue weighted by Gasteiger charge is 2.41. The van der Waals surface area contributed by atoms with Gasteiger partial charge in [0.1, 0.15) is 12.7 Å². The smallest absolute Gasteiger partial charge is 0.303 e. The van der Waals surface area contributed by atoms with Gasteiger partial charge in [-0.15, -0.1) is 0 Å². The van der Waals surface area contributed by atoms with Crippen molar-refractivity contribution in [2.45, 2.75) is 51.7 Å². The Labute approximate surface area is 116 Å². The number of rotatable bonds is 4. The molecule has 8 nitrogen and oxygen atoms in total. The van der Waals surface area contributed by atoms with E-state index >= 15 is 0 Å². The van der Waals surface area contributed by atoms with Crippen molar-refractivity contribution in [1.29, 1.82) is 0 Å². The third kappa shape index (κ3) is 5.14. The molecule has 4 atom stereocenters. The summed E-state index contributed by atoms with van der Waals surface area (Å²) in [4.78, 5) is 33.1. The van der Waals surface area contributed by atoms with Crippen LogP contribution in [0, 0.1) is 0 Å². The molecule has 0 radical (unpaired) electrons. The number of aliphatic hydroxyl groups excluding tert-OH is 1. The molecule has 1 aliphatic heterocycles. The summed E-state index contributed by atoms with van der Waals surface area (Å²) in [5, 5.41) is 12.2. The number of carbonyl (C=O) groups is 3. The van der Waals surface area contributed by atoms with Gasteiger partial charge in [0.25, 0.3) is 0 Å². The van der Waals surface area contributed by atoms with Gasteiger partial charge in [-0.1, -0.05) is 0 Å². The number of aliphatic hydroxyl groups is 1. The number of carbonyl (C=O) groups excluding carboxylic acids is 3. The first-order chi connectivity index (χ1) is 9.29. The molecule has 1 amide bonds. The second-order valence-corrected chi connectivity index (χ2v) is 4.55. The molecule has 0 saturated carbocycles. The van der Waals surface area contributed by atoms with Crippen LogP contribution in [0.4, 0.5) is 0 Å².